The van der Waals surface area contributed by atoms with Gasteiger partial charge in [-0.3, -0.25) is 9.59 Å². The summed E-state index contributed by atoms with van der Waals surface area (Å²) in [5.41, 5.74) is 0.517. The van der Waals surface area contributed by atoms with Crippen molar-refractivity contribution in [2.75, 3.05) is 19.7 Å². The fourth-order valence-electron chi connectivity index (χ4n) is 3.32. The molecule has 1 aromatic rings. The number of piperidine rings is 1. The van der Waals surface area contributed by atoms with Crippen LogP contribution in [-0.2, 0) is 14.3 Å². The summed E-state index contributed by atoms with van der Waals surface area (Å²) in [6, 6.07) is 7.82. The van der Waals surface area contributed by atoms with Gasteiger partial charge in [0.15, 0.2) is 0 Å². The molecule has 0 unspecified atom stereocenters. The van der Waals surface area contributed by atoms with Gasteiger partial charge in [-0.05, 0) is 50.5 Å². The predicted molar refractivity (Wildman–Crippen MR) is 125 cm³/mol. The molecular formula is C26H39NO4. The topological polar surface area (TPSA) is 55.8 Å². The molecule has 172 valence electrons. The number of amides is 1. The third kappa shape index (κ3) is 8.39. The number of nitrogens with zero attached hydrogens (tertiary/aromatic N) is 1. The van der Waals surface area contributed by atoms with Crippen molar-refractivity contribution < 1.29 is 19.1 Å². The summed E-state index contributed by atoms with van der Waals surface area (Å²) in [5, 5.41) is 0. The third-order valence-electron chi connectivity index (χ3n) is 6.03. The van der Waals surface area contributed by atoms with Crippen molar-refractivity contribution in [2.24, 2.45) is 5.41 Å². The highest BCUT2D eigenvalue weighted by Gasteiger charge is 2.31. The normalized spacial score (nSPS) is 15.3. The fourth-order valence-corrected chi connectivity index (χ4v) is 3.32. The molecule has 1 heterocycles. The number of benzene rings is 1. The molecule has 0 atom stereocenters. The van der Waals surface area contributed by atoms with Gasteiger partial charge in [0.05, 0.1) is 12.0 Å². The first-order valence-corrected chi connectivity index (χ1v) is 11.8. The largest absolute Gasteiger partial charge is 0.494 e. The molecule has 1 aliphatic heterocycles. The molecule has 0 aliphatic carbocycles. The van der Waals surface area contributed by atoms with Crippen LogP contribution < -0.4 is 4.74 Å². The first-order chi connectivity index (χ1) is 14.9. The summed E-state index contributed by atoms with van der Waals surface area (Å²) in [6.07, 6.45) is 10.2. The average molecular weight is 430 g/mol. The van der Waals surface area contributed by atoms with Crippen LogP contribution in [0.1, 0.15) is 78.2 Å². The maximum Gasteiger partial charge on any atom is 0.311 e. The Morgan fingerprint density at radius 1 is 1.06 bits per heavy atom. The van der Waals surface area contributed by atoms with E-state index in [1.807, 2.05) is 56.0 Å². The van der Waals surface area contributed by atoms with Gasteiger partial charge < -0.3 is 14.4 Å². The molecule has 0 radical (unpaired) electrons. The van der Waals surface area contributed by atoms with Crippen molar-refractivity contribution in [1.82, 2.24) is 4.90 Å². The number of hydrogen-bond acceptors (Lipinski definition) is 4. The molecule has 1 saturated heterocycles. The Hall–Kier alpha value is -2.30. The van der Waals surface area contributed by atoms with Crippen molar-refractivity contribution >= 4 is 18.0 Å². The quantitative estimate of drug-likeness (QED) is 0.260. The molecule has 0 aromatic heterocycles. The van der Waals surface area contributed by atoms with E-state index in [1.165, 1.54) is 19.3 Å². The Morgan fingerprint density at radius 2 is 1.74 bits per heavy atom. The summed E-state index contributed by atoms with van der Waals surface area (Å²) in [5.74, 6) is 0.714. The van der Waals surface area contributed by atoms with Crippen LogP contribution in [0.15, 0.2) is 30.3 Å². The summed E-state index contributed by atoms with van der Waals surface area (Å²) in [6.45, 7) is 9.97. The number of hydrogen-bond donors (Lipinski definition) is 0. The molecular weight excluding hydrogens is 390 g/mol. The summed E-state index contributed by atoms with van der Waals surface area (Å²) >= 11 is 0. The van der Waals surface area contributed by atoms with Crippen LogP contribution in [-0.4, -0.2) is 42.6 Å². The zero-order valence-electron chi connectivity index (χ0n) is 19.7. The van der Waals surface area contributed by atoms with Gasteiger partial charge in [0, 0.05) is 32.0 Å². The minimum absolute atomic E-state index is 0.00471. The first-order valence-electron chi connectivity index (χ1n) is 11.8. The van der Waals surface area contributed by atoms with Gasteiger partial charge in [-0.1, -0.05) is 45.2 Å². The van der Waals surface area contributed by atoms with Crippen LogP contribution in [0.3, 0.4) is 0 Å². The number of rotatable bonds is 11. The highest BCUT2D eigenvalue weighted by atomic mass is 16.5. The lowest BCUT2D eigenvalue weighted by molar-refractivity contribution is -0.162. The van der Waals surface area contributed by atoms with Crippen molar-refractivity contribution in [2.45, 2.75) is 78.7 Å². The number of esters is 1. The standard InChI is InChI=1S/C26H39NO4/c1-5-7-8-9-20-30-22-13-10-21(11-14-22)12-15-24(28)27-18-16-23(17-19-27)31-25(29)26(3,4)6-2/h10-15,23H,5-9,16-20H2,1-4H3/b15-12+. The van der Waals surface area contributed by atoms with Gasteiger partial charge in [-0.15, -0.1) is 0 Å². The van der Waals surface area contributed by atoms with Crippen LogP contribution in [0.5, 0.6) is 5.75 Å². The Morgan fingerprint density at radius 3 is 2.35 bits per heavy atom. The predicted octanol–water partition coefficient (Wildman–Crippen LogP) is 5.63. The van der Waals surface area contributed by atoms with Gasteiger partial charge >= 0.3 is 5.97 Å². The number of likely N-dealkylation sites (tertiary alicyclic amines) is 1. The van der Waals surface area contributed by atoms with Crippen LogP contribution in [0.2, 0.25) is 0 Å². The second-order valence-electron chi connectivity index (χ2n) is 8.98. The molecule has 5 nitrogen and oxygen atoms in total. The van der Waals surface area contributed by atoms with E-state index in [9.17, 15) is 9.59 Å². The molecule has 1 amide bonds. The molecule has 2 rings (SSSR count). The Labute approximate surface area is 187 Å². The molecule has 1 aromatic carbocycles. The Kier molecular flexibility index (Phi) is 10.1. The minimum atomic E-state index is -0.453. The van der Waals surface area contributed by atoms with Crippen molar-refractivity contribution in [1.29, 1.82) is 0 Å². The second-order valence-corrected chi connectivity index (χ2v) is 8.98. The summed E-state index contributed by atoms with van der Waals surface area (Å²) in [7, 11) is 0. The molecule has 1 fully saturated rings. The molecule has 0 saturated carbocycles. The van der Waals surface area contributed by atoms with Gasteiger partial charge in [0.25, 0.3) is 0 Å². The SMILES string of the molecule is CCCCCCOc1ccc(/C=C/C(=O)N2CCC(OC(=O)C(C)(C)CC)CC2)cc1. The van der Waals surface area contributed by atoms with E-state index in [0.29, 0.717) is 25.9 Å². The highest BCUT2D eigenvalue weighted by Crippen LogP contribution is 2.25. The van der Waals surface area contributed by atoms with E-state index >= 15 is 0 Å². The van der Waals surface area contributed by atoms with Gasteiger partial charge in [-0.25, -0.2) is 0 Å². The van der Waals surface area contributed by atoms with Gasteiger partial charge in [-0.2, -0.15) is 0 Å². The molecule has 1 aliphatic rings. The van der Waals surface area contributed by atoms with E-state index in [-0.39, 0.29) is 18.0 Å². The van der Waals surface area contributed by atoms with Crippen molar-refractivity contribution in [3.8, 4) is 5.75 Å². The lowest BCUT2D eigenvalue weighted by Crippen LogP contribution is -2.42. The molecule has 5 heteroatoms. The zero-order valence-corrected chi connectivity index (χ0v) is 19.7. The molecule has 0 N–H and O–H groups in total. The van der Waals surface area contributed by atoms with E-state index in [2.05, 4.69) is 6.92 Å². The van der Waals surface area contributed by atoms with Crippen LogP contribution in [0.25, 0.3) is 6.08 Å². The van der Waals surface area contributed by atoms with Crippen LogP contribution >= 0.6 is 0 Å². The van der Waals surface area contributed by atoms with Crippen LogP contribution in [0.4, 0.5) is 0 Å². The maximum atomic E-state index is 12.5. The first kappa shape index (κ1) is 25.0. The maximum absolute atomic E-state index is 12.5. The van der Waals surface area contributed by atoms with E-state index < -0.39 is 5.41 Å². The van der Waals surface area contributed by atoms with Crippen LogP contribution in [0, 0.1) is 5.41 Å². The Balaban J connectivity index is 1.74. The summed E-state index contributed by atoms with van der Waals surface area (Å²) in [4.78, 5) is 26.6. The minimum Gasteiger partial charge on any atom is -0.494 e. The van der Waals surface area contributed by atoms with E-state index in [1.54, 1.807) is 6.08 Å². The average Bonchev–Trinajstić information content (AvgIpc) is 2.78. The molecule has 0 bridgehead atoms. The number of carbonyl (C=O) groups excluding carboxylic acids is 2. The monoisotopic (exact) mass is 429 g/mol. The summed E-state index contributed by atoms with van der Waals surface area (Å²) < 4.78 is 11.4. The molecule has 31 heavy (non-hydrogen) atoms. The number of unbranched alkanes of at least 4 members (excludes halogenated alkanes) is 3. The fraction of sp³-hybridized carbons (Fsp3) is 0.615. The zero-order chi connectivity index (χ0) is 22.7. The lowest BCUT2D eigenvalue weighted by atomic mass is 9.90. The van der Waals surface area contributed by atoms with Crippen molar-refractivity contribution in [3.63, 3.8) is 0 Å². The highest BCUT2D eigenvalue weighted by molar-refractivity contribution is 5.91. The smallest absolute Gasteiger partial charge is 0.311 e. The second kappa shape index (κ2) is 12.5. The van der Waals surface area contributed by atoms with E-state index in [4.69, 9.17) is 9.47 Å². The van der Waals surface area contributed by atoms with Gasteiger partial charge in [0.1, 0.15) is 11.9 Å². The lowest BCUT2D eigenvalue weighted by Gasteiger charge is -2.33. The number of ether oxygens (including phenoxy) is 2. The molecule has 0 spiro atoms. The number of carbonyl (C=O) groups is 2. The van der Waals surface area contributed by atoms with E-state index in [0.717, 1.165) is 30.8 Å². The Bertz CT molecular complexity index is 715. The van der Waals surface area contributed by atoms with Crippen molar-refractivity contribution in [3.05, 3.63) is 35.9 Å². The van der Waals surface area contributed by atoms with Gasteiger partial charge in [0.2, 0.25) is 5.91 Å². The third-order valence-corrected chi connectivity index (χ3v) is 6.03.